The molecule has 0 aliphatic rings. The normalized spacial score (nSPS) is 10.9. The van der Waals surface area contributed by atoms with Crippen molar-refractivity contribution in [2.45, 2.75) is 5.88 Å². The lowest BCUT2D eigenvalue weighted by atomic mass is 10.3. The summed E-state index contributed by atoms with van der Waals surface area (Å²) in [7, 11) is 1.59. The lowest BCUT2D eigenvalue weighted by Gasteiger charge is -2.10. The average molecular weight is 308 g/mol. The molecule has 0 aliphatic carbocycles. The number of nitrogens with zero attached hydrogens (tertiary/aromatic N) is 3. The van der Waals surface area contributed by atoms with Crippen molar-refractivity contribution in [1.82, 2.24) is 14.5 Å². The standard InChI is InChI=1S/C14H11Cl2N3O/c1-20-13-3-2-9(6-10(13)16)19-12-4-5-17-8-11(12)18-14(19)7-15/h2-6,8H,7H2,1H3. The number of imidazole rings is 1. The zero-order valence-electron chi connectivity index (χ0n) is 10.7. The topological polar surface area (TPSA) is 39.9 Å². The van der Waals surface area contributed by atoms with Gasteiger partial charge in [-0.05, 0) is 24.3 Å². The van der Waals surface area contributed by atoms with Crippen LogP contribution in [0.2, 0.25) is 5.02 Å². The molecule has 2 aromatic heterocycles. The van der Waals surface area contributed by atoms with Crippen LogP contribution in [0.1, 0.15) is 5.82 Å². The van der Waals surface area contributed by atoms with Crippen molar-refractivity contribution >= 4 is 34.2 Å². The van der Waals surface area contributed by atoms with Crippen molar-refractivity contribution in [3.05, 3.63) is 47.5 Å². The highest BCUT2D eigenvalue weighted by Gasteiger charge is 2.13. The SMILES string of the molecule is COc1ccc(-n2c(CCl)nc3cnccc32)cc1Cl. The summed E-state index contributed by atoms with van der Waals surface area (Å²) >= 11 is 12.2. The number of methoxy groups -OCH3 is 1. The molecule has 0 bridgehead atoms. The van der Waals surface area contributed by atoms with E-state index >= 15 is 0 Å². The Bertz CT molecular complexity index is 770. The molecule has 4 nitrogen and oxygen atoms in total. The van der Waals surface area contributed by atoms with Crippen LogP contribution in [-0.4, -0.2) is 21.6 Å². The summed E-state index contributed by atoms with van der Waals surface area (Å²) in [5.41, 5.74) is 2.63. The van der Waals surface area contributed by atoms with Crippen molar-refractivity contribution < 1.29 is 4.74 Å². The predicted octanol–water partition coefficient (Wildman–Crippen LogP) is 3.82. The lowest BCUT2D eigenvalue weighted by Crippen LogP contribution is -1.99. The Hall–Kier alpha value is -1.78. The molecule has 20 heavy (non-hydrogen) atoms. The van der Waals surface area contributed by atoms with Crippen molar-refractivity contribution in [3.8, 4) is 11.4 Å². The Kier molecular flexibility index (Phi) is 3.51. The van der Waals surface area contributed by atoms with E-state index in [4.69, 9.17) is 27.9 Å². The molecule has 0 amide bonds. The number of fused-ring (bicyclic) bond motifs is 1. The third-order valence-electron chi connectivity index (χ3n) is 3.04. The first-order chi connectivity index (χ1) is 9.74. The molecule has 0 unspecified atom stereocenters. The van der Waals surface area contributed by atoms with Crippen LogP contribution in [0.15, 0.2) is 36.7 Å². The molecule has 0 aliphatic heterocycles. The van der Waals surface area contributed by atoms with Crippen LogP contribution < -0.4 is 4.74 Å². The van der Waals surface area contributed by atoms with Crippen LogP contribution in [0.25, 0.3) is 16.7 Å². The van der Waals surface area contributed by atoms with Crippen LogP contribution in [0.5, 0.6) is 5.75 Å². The van der Waals surface area contributed by atoms with Crippen molar-refractivity contribution in [2.24, 2.45) is 0 Å². The van der Waals surface area contributed by atoms with E-state index in [-0.39, 0.29) is 0 Å². The Labute approximate surface area is 125 Å². The molecule has 2 heterocycles. The third-order valence-corrected chi connectivity index (χ3v) is 3.57. The van der Waals surface area contributed by atoms with E-state index in [0.717, 1.165) is 22.5 Å². The van der Waals surface area contributed by atoms with Crippen molar-refractivity contribution in [1.29, 1.82) is 0 Å². The Morgan fingerprint density at radius 3 is 2.85 bits per heavy atom. The number of hydrogen-bond donors (Lipinski definition) is 0. The van der Waals surface area contributed by atoms with Gasteiger partial charge in [-0.1, -0.05) is 11.6 Å². The van der Waals surface area contributed by atoms with Crippen LogP contribution in [-0.2, 0) is 5.88 Å². The quantitative estimate of drug-likeness (QED) is 0.691. The number of halogens is 2. The van der Waals surface area contributed by atoms with E-state index in [9.17, 15) is 0 Å². The highest BCUT2D eigenvalue weighted by atomic mass is 35.5. The molecule has 0 saturated heterocycles. The summed E-state index contributed by atoms with van der Waals surface area (Å²) in [6.45, 7) is 0. The minimum atomic E-state index is 0.304. The van der Waals surface area contributed by atoms with Gasteiger partial charge in [-0.2, -0.15) is 0 Å². The number of aromatic nitrogens is 3. The fraction of sp³-hybridized carbons (Fsp3) is 0.143. The number of rotatable bonds is 3. The lowest BCUT2D eigenvalue weighted by molar-refractivity contribution is 0.415. The largest absolute Gasteiger partial charge is 0.495 e. The first kappa shape index (κ1) is 13.2. The molecule has 6 heteroatoms. The van der Waals surface area contributed by atoms with E-state index in [0.29, 0.717) is 16.7 Å². The molecule has 3 rings (SSSR count). The van der Waals surface area contributed by atoms with E-state index in [1.165, 1.54) is 0 Å². The van der Waals surface area contributed by atoms with Gasteiger partial charge in [0, 0.05) is 11.9 Å². The third kappa shape index (κ3) is 2.11. The molecule has 0 saturated carbocycles. The van der Waals surface area contributed by atoms with Crippen LogP contribution in [0, 0.1) is 0 Å². The van der Waals surface area contributed by atoms with Gasteiger partial charge in [0.1, 0.15) is 17.1 Å². The first-order valence-corrected chi connectivity index (χ1v) is 6.87. The smallest absolute Gasteiger partial charge is 0.137 e. The monoisotopic (exact) mass is 307 g/mol. The van der Waals surface area contributed by atoms with Crippen molar-refractivity contribution in [3.63, 3.8) is 0 Å². The van der Waals surface area contributed by atoms with Gasteiger partial charge in [-0.15, -0.1) is 11.6 Å². The molecule has 0 fully saturated rings. The zero-order chi connectivity index (χ0) is 14.1. The molecule has 0 spiro atoms. The van der Waals surface area contributed by atoms with Gasteiger partial charge in [0.25, 0.3) is 0 Å². The highest BCUT2D eigenvalue weighted by Crippen LogP contribution is 2.29. The molecule has 102 valence electrons. The second-order valence-corrected chi connectivity index (χ2v) is 4.85. The molecule has 0 N–H and O–H groups in total. The summed E-state index contributed by atoms with van der Waals surface area (Å²) in [6.07, 6.45) is 3.44. The van der Waals surface area contributed by atoms with Crippen molar-refractivity contribution in [2.75, 3.05) is 7.11 Å². The van der Waals surface area contributed by atoms with Gasteiger partial charge >= 0.3 is 0 Å². The maximum Gasteiger partial charge on any atom is 0.137 e. The summed E-state index contributed by atoms with van der Waals surface area (Å²) < 4.78 is 7.14. The molecular weight excluding hydrogens is 297 g/mol. The minimum absolute atomic E-state index is 0.304. The summed E-state index contributed by atoms with van der Waals surface area (Å²) in [5.74, 6) is 1.68. The summed E-state index contributed by atoms with van der Waals surface area (Å²) in [6, 6.07) is 7.47. The fourth-order valence-corrected chi connectivity index (χ4v) is 2.59. The molecule has 3 aromatic rings. The summed E-state index contributed by atoms with van der Waals surface area (Å²) in [4.78, 5) is 8.55. The Morgan fingerprint density at radius 1 is 1.30 bits per heavy atom. The predicted molar refractivity (Wildman–Crippen MR) is 80.0 cm³/mol. The van der Waals surface area contributed by atoms with E-state index in [2.05, 4.69) is 9.97 Å². The molecule has 1 aromatic carbocycles. The van der Waals surface area contributed by atoms with Crippen LogP contribution >= 0.6 is 23.2 Å². The molecule has 0 radical (unpaired) electrons. The number of benzene rings is 1. The van der Waals surface area contributed by atoms with E-state index in [1.807, 2.05) is 28.8 Å². The van der Waals surface area contributed by atoms with Gasteiger partial charge in [-0.3, -0.25) is 9.55 Å². The Morgan fingerprint density at radius 2 is 2.15 bits per heavy atom. The second kappa shape index (κ2) is 5.31. The second-order valence-electron chi connectivity index (χ2n) is 4.18. The zero-order valence-corrected chi connectivity index (χ0v) is 12.2. The van der Waals surface area contributed by atoms with Gasteiger partial charge in [0.05, 0.1) is 29.7 Å². The minimum Gasteiger partial charge on any atom is -0.495 e. The number of ether oxygens (including phenoxy) is 1. The highest BCUT2D eigenvalue weighted by molar-refractivity contribution is 6.32. The van der Waals surface area contributed by atoms with Gasteiger partial charge < -0.3 is 4.74 Å². The first-order valence-electron chi connectivity index (χ1n) is 5.96. The van der Waals surface area contributed by atoms with Gasteiger partial charge in [0.15, 0.2) is 0 Å². The maximum atomic E-state index is 6.19. The molecule has 0 atom stereocenters. The van der Waals surface area contributed by atoms with E-state index in [1.54, 1.807) is 19.5 Å². The average Bonchev–Trinajstić information content (AvgIpc) is 2.85. The van der Waals surface area contributed by atoms with E-state index < -0.39 is 0 Å². The van der Waals surface area contributed by atoms with Gasteiger partial charge in [0.2, 0.25) is 0 Å². The summed E-state index contributed by atoms with van der Waals surface area (Å²) in [5, 5.41) is 0.543. The number of hydrogen-bond acceptors (Lipinski definition) is 3. The van der Waals surface area contributed by atoms with Crippen LogP contribution in [0.4, 0.5) is 0 Å². The number of pyridine rings is 1. The maximum absolute atomic E-state index is 6.19. The van der Waals surface area contributed by atoms with Gasteiger partial charge in [-0.25, -0.2) is 4.98 Å². The number of alkyl halides is 1. The Balaban J connectivity index is 2.25. The fourth-order valence-electron chi connectivity index (χ4n) is 2.15. The molecular formula is C14H11Cl2N3O. The van der Waals surface area contributed by atoms with Crippen LogP contribution in [0.3, 0.4) is 0 Å².